The van der Waals surface area contributed by atoms with Crippen molar-refractivity contribution in [3.63, 3.8) is 0 Å². The number of fused-ring (bicyclic) bond motifs is 1. The molecule has 0 saturated carbocycles. The third-order valence-electron chi connectivity index (χ3n) is 6.51. The van der Waals surface area contributed by atoms with E-state index in [4.69, 9.17) is 9.72 Å². The molecule has 0 aliphatic heterocycles. The number of anilines is 3. The van der Waals surface area contributed by atoms with Crippen LogP contribution >= 0.6 is 0 Å². The van der Waals surface area contributed by atoms with E-state index in [0.29, 0.717) is 30.0 Å². The minimum Gasteiger partial charge on any atom is -0.459 e. The van der Waals surface area contributed by atoms with Crippen molar-refractivity contribution in [2.75, 3.05) is 44.4 Å². The Balaban J connectivity index is 1.78. The van der Waals surface area contributed by atoms with Crippen molar-refractivity contribution in [3.05, 3.63) is 70.0 Å². The number of hydrogen-bond acceptors (Lipinski definition) is 9. The fraction of sp³-hybridized carbons (Fsp3) is 0.345. The Hall–Kier alpha value is -4.51. The minimum atomic E-state index is -0.531. The third kappa shape index (κ3) is 6.20. The van der Waals surface area contributed by atoms with E-state index in [-0.39, 0.29) is 28.2 Å². The van der Waals surface area contributed by atoms with Gasteiger partial charge in [0, 0.05) is 55.1 Å². The highest BCUT2D eigenvalue weighted by atomic mass is 16.6. The minimum absolute atomic E-state index is 0.0186. The van der Waals surface area contributed by atoms with Gasteiger partial charge in [-0.1, -0.05) is 25.1 Å². The van der Waals surface area contributed by atoms with E-state index in [2.05, 4.69) is 15.3 Å². The van der Waals surface area contributed by atoms with Crippen molar-refractivity contribution in [2.45, 2.75) is 33.3 Å². The monoisotopic (exact) mass is 545 g/mol. The molecule has 0 radical (unpaired) electrons. The van der Waals surface area contributed by atoms with Crippen molar-refractivity contribution in [1.29, 1.82) is 0 Å². The first-order valence-corrected chi connectivity index (χ1v) is 13.2. The number of H-pyrrole nitrogens is 1. The summed E-state index contributed by atoms with van der Waals surface area (Å²) >= 11 is 0. The molecule has 2 aromatic carbocycles. The number of nitro benzene ring substituents is 1. The Morgan fingerprint density at radius 1 is 1.18 bits per heavy atom. The average Bonchev–Trinajstić information content (AvgIpc) is 3.35. The number of para-hydroxylation sites is 1. The lowest BCUT2D eigenvalue weighted by Crippen LogP contribution is -2.29. The summed E-state index contributed by atoms with van der Waals surface area (Å²) in [4.78, 5) is 40.9. The van der Waals surface area contributed by atoms with Crippen molar-refractivity contribution in [3.8, 4) is 11.3 Å². The first kappa shape index (κ1) is 28.5. The molecule has 0 amide bonds. The predicted octanol–water partition coefficient (Wildman–Crippen LogP) is 5.40. The largest absolute Gasteiger partial charge is 0.459 e. The molecule has 0 aliphatic rings. The first-order valence-electron chi connectivity index (χ1n) is 13.2. The Bertz CT molecular complexity index is 1530. The summed E-state index contributed by atoms with van der Waals surface area (Å²) in [6, 6.07) is 11.1. The van der Waals surface area contributed by atoms with E-state index in [1.165, 1.54) is 12.3 Å². The maximum absolute atomic E-state index is 13.0. The van der Waals surface area contributed by atoms with Crippen molar-refractivity contribution in [2.24, 2.45) is 0 Å². The summed E-state index contributed by atoms with van der Waals surface area (Å²) in [6.07, 6.45) is 3.54. The molecule has 11 heteroatoms. The topological polar surface area (TPSA) is 130 Å². The number of carbonyl (C=O) groups is 1. The lowest BCUT2D eigenvalue weighted by Gasteiger charge is -2.23. The summed E-state index contributed by atoms with van der Waals surface area (Å²) in [5, 5.41) is 16.1. The van der Waals surface area contributed by atoms with Crippen molar-refractivity contribution >= 4 is 39.9 Å². The fourth-order valence-electron chi connectivity index (χ4n) is 4.41. The van der Waals surface area contributed by atoms with Crippen molar-refractivity contribution < 1.29 is 14.5 Å². The Labute approximate surface area is 233 Å². The van der Waals surface area contributed by atoms with E-state index in [1.54, 1.807) is 20.0 Å². The number of nitro groups is 1. The molecule has 0 bridgehead atoms. The number of esters is 1. The molecule has 0 spiro atoms. The molecule has 0 aliphatic carbocycles. The number of aryl methyl sites for hydroxylation is 1. The molecular formula is C29H35N7O4. The van der Waals surface area contributed by atoms with Crippen LogP contribution in [0.4, 0.5) is 23.0 Å². The number of aromatic nitrogens is 3. The van der Waals surface area contributed by atoms with E-state index in [1.807, 2.05) is 68.2 Å². The molecule has 2 heterocycles. The highest BCUT2D eigenvalue weighted by Gasteiger charge is 2.24. The first-order chi connectivity index (χ1) is 19.1. The van der Waals surface area contributed by atoms with Gasteiger partial charge in [-0.15, -0.1) is 0 Å². The fourth-order valence-corrected chi connectivity index (χ4v) is 4.41. The van der Waals surface area contributed by atoms with Gasteiger partial charge in [-0.25, -0.2) is 14.8 Å². The van der Waals surface area contributed by atoms with Crippen LogP contribution < -0.4 is 10.2 Å². The van der Waals surface area contributed by atoms with Crippen LogP contribution in [0.5, 0.6) is 0 Å². The number of hydrogen-bond donors (Lipinski definition) is 2. The molecule has 2 aromatic heterocycles. The van der Waals surface area contributed by atoms with E-state index in [9.17, 15) is 14.9 Å². The number of carbonyl (C=O) groups excluding carboxylic acids is 1. The highest BCUT2D eigenvalue weighted by molar-refractivity contribution is 6.02. The Morgan fingerprint density at radius 2 is 1.93 bits per heavy atom. The van der Waals surface area contributed by atoms with Gasteiger partial charge in [0.05, 0.1) is 22.4 Å². The number of nitrogens with zero attached hydrogens (tertiary/aromatic N) is 5. The molecule has 2 N–H and O–H groups in total. The van der Waals surface area contributed by atoms with Crippen LogP contribution in [0.15, 0.2) is 48.8 Å². The van der Waals surface area contributed by atoms with Gasteiger partial charge in [0.2, 0.25) is 5.95 Å². The van der Waals surface area contributed by atoms with Gasteiger partial charge in [0.15, 0.2) is 0 Å². The number of ether oxygens (including phenoxy) is 1. The van der Waals surface area contributed by atoms with Crippen LogP contribution in [0.2, 0.25) is 0 Å². The number of nitrogens with one attached hydrogen (secondary N) is 2. The van der Waals surface area contributed by atoms with Gasteiger partial charge in [0.1, 0.15) is 11.3 Å². The van der Waals surface area contributed by atoms with Gasteiger partial charge in [-0.3, -0.25) is 10.1 Å². The van der Waals surface area contributed by atoms with Crippen LogP contribution in [-0.2, 0) is 11.2 Å². The summed E-state index contributed by atoms with van der Waals surface area (Å²) < 4.78 is 5.46. The second kappa shape index (κ2) is 12.1. The van der Waals surface area contributed by atoms with E-state index >= 15 is 0 Å². The van der Waals surface area contributed by atoms with Gasteiger partial charge < -0.3 is 24.8 Å². The second-order valence-corrected chi connectivity index (χ2v) is 10.1. The summed E-state index contributed by atoms with van der Waals surface area (Å²) in [5.41, 5.74) is 4.16. The SMILES string of the molecule is CCc1cc(N(C)CCN(C)C)c([N+](=O)[O-])cc1Nc1ncc(C(=O)OC(C)C)c(-c2c[nH]c3ccccc23)n1. The molecule has 0 unspecified atom stereocenters. The van der Waals surface area contributed by atoms with E-state index in [0.717, 1.165) is 28.6 Å². The lowest BCUT2D eigenvalue weighted by molar-refractivity contribution is -0.384. The molecule has 4 aromatic rings. The van der Waals surface area contributed by atoms with Crippen LogP contribution in [0.3, 0.4) is 0 Å². The lowest BCUT2D eigenvalue weighted by atomic mass is 10.1. The Kier molecular flexibility index (Phi) is 8.64. The maximum Gasteiger partial charge on any atom is 0.342 e. The molecule has 0 saturated heterocycles. The van der Waals surface area contributed by atoms with Gasteiger partial charge >= 0.3 is 5.97 Å². The second-order valence-electron chi connectivity index (χ2n) is 10.1. The molecule has 11 nitrogen and oxygen atoms in total. The van der Waals surface area contributed by atoms with E-state index < -0.39 is 5.97 Å². The van der Waals surface area contributed by atoms with Gasteiger partial charge in [-0.05, 0) is 52.1 Å². The number of aromatic amines is 1. The Morgan fingerprint density at radius 3 is 2.60 bits per heavy atom. The molecule has 0 atom stereocenters. The molecule has 0 fully saturated rings. The number of benzene rings is 2. The van der Waals surface area contributed by atoms with Gasteiger partial charge in [0.25, 0.3) is 5.69 Å². The molecular weight excluding hydrogens is 510 g/mol. The highest BCUT2D eigenvalue weighted by Crippen LogP contribution is 2.36. The predicted molar refractivity (Wildman–Crippen MR) is 157 cm³/mol. The maximum atomic E-state index is 13.0. The standard InChI is InChI=1S/C29H35N7O4/c1-7-19-14-25(35(6)13-12-34(4)5)26(36(38)39)15-24(19)32-29-31-17-22(28(37)40-18(2)3)27(33-29)21-16-30-23-11-9-8-10-20(21)23/h8-11,14-18,30H,7,12-13H2,1-6H3,(H,31,32,33). The zero-order valence-electron chi connectivity index (χ0n) is 23.7. The van der Waals surface area contributed by atoms with Crippen LogP contribution in [0.1, 0.15) is 36.7 Å². The summed E-state index contributed by atoms with van der Waals surface area (Å²) in [6.45, 7) is 6.93. The molecule has 4 rings (SSSR count). The van der Waals surface area contributed by atoms with Crippen molar-refractivity contribution in [1.82, 2.24) is 19.9 Å². The van der Waals surface area contributed by atoms with Crippen LogP contribution in [0, 0.1) is 10.1 Å². The molecule has 40 heavy (non-hydrogen) atoms. The van der Waals surface area contributed by atoms with Crippen LogP contribution in [0.25, 0.3) is 22.2 Å². The summed E-state index contributed by atoms with van der Waals surface area (Å²) in [5.74, 6) is -0.323. The number of likely N-dealkylation sites (N-methyl/N-ethyl adjacent to an activating group) is 2. The zero-order chi connectivity index (χ0) is 29.0. The summed E-state index contributed by atoms with van der Waals surface area (Å²) in [7, 11) is 5.78. The normalized spacial score (nSPS) is 11.3. The van der Waals surface area contributed by atoms with Crippen LogP contribution in [-0.4, -0.2) is 71.1 Å². The number of rotatable bonds is 11. The molecule has 210 valence electrons. The zero-order valence-corrected chi connectivity index (χ0v) is 23.7. The third-order valence-corrected chi connectivity index (χ3v) is 6.51. The average molecular weight is 546 g/mol. The quantitative estimate of drug-likeness (QED) is 0.144. The van der Waals surface area contributed by atoms with Gasteiger partial charge in [-0.2, -0.15) is 0 Å². The smallest absolute Gasteiger partial charge is 0.342 e.